The van der Waals surface area contributed by atoms with Gasteiger partial charge in [-0.1, -0.05) is 0 Å². The van der Waals surface area contributed by atoms with Crippen LogP contribution < -0.4 is 0 Å². The molecule has 0 aliphatic heterocycles. The molecule has 4 bridgehead atoms. The molecule has 2 unspecified atom stereocenters. The van der Waals surface area contributed by atoms with Crippen molar-refractivity contribution < 1.29 is 50.3 Å². The molecule has 4 saturated carbocycles. The monoisotopic (exact) mass is 879 g/mol. The SMILES string of the molecule is O=C(OC12CC3CC(C1)CC(C(=O)OCCOC(=O)C(F)(F)S(=O)(=O)[O-])(C3)C2)c1c(I)cc(I)cc1I. The van der Waals surface area contributed by atoms with Crippen molar-refractivity contribution in [1.29, 1.82) is 0 Å². The van der Waals surface area contributed by atoms with Crippen molar-refractivity contribution >= 4 is 95.8 Å². The predicted molar refractivity (Wildman–Crippen MR) is 146 cm³/mol. The molecule has 1 aromatic carbocycles. The molecule has 37 heavy (non-hydrogen) atoms. The summed E-state index contributed by atoms with van der Waals surface area (Å²) in [5, 5.41) is -5.24. The van der Waals surface area contributed by atoms with E-state index in [1.807, 2.05) is 12.1 Å². The summed E-state index contributed by atoms with van der Waals surface area (Å²) in [5.74, 6) is -3.29. The maximum absolute atomic E-state index is 13.3. The molecular weight excluding hydrogens is 859 g/mol. The van der Waals surface area contributed by atoms with E-state index >= 15 is 0 Å². The van der Waals surface area contributed by atoms with Gasteiger partial charge in [-0.2, -0.15) is 8.78 Å². The number of benzene rings is 1. The first-order valence-corrected chi connectivity index (χ1v) is 15.8. The van der Waals surface area contributed by atoms with Gasteiger partial charge in [-0.15, -0.1) is 0 Å². The van der Waals surface area contributed by atoms with Crippen LogP contribution >= 0.6 is 67.8 Å². The van der Waals surface area contributed by atoms with Gasteiger partial charge in [-0.25, -0.2) is 18.0 Å². The number of ether oxygens (including phenoxy) is 3. The molecule has 0 heterocycles. The summed E-state index contributed by atoms with van der Waals surface area (Å²) in [7, 11) is -6.24. The lowest BCUT2D eigenvalue weighted by Gasteiger charge is -2.59. The van der Waals surface area contributed by atoms with Gasteiger partial charge < -0.3 is 18.8 Å². The molecule has 15 heteroatoms. The second-order valence-electron chi connectivity index (χ2n) is 9.80. The van der Waals surface area contributed by atoms with Gasteiger partial charge >= 0.3 is 23.2 Å². The lowest BCUT2D eigenvalue weighted by atomic mass is 9.48. The van der Waals surface area contributed by atoms with Gasteiger partial charge in [0.1, 0.15) is 18.8 Å². The number of halogens is 5. The Morgan fingerprint density at radius 1 is 1.00 bits per heavy atom. The quantitative estimate of drug-likeness (QED) is 0.124. The Hall–Kier alpha value is -0.410. The van der Waals surface area contributed by atoms with Crippen LogP contribution in [0.3, 0.4) is 0 Å². The maximum Gasteiger partial charge on any atom is 0.428 e. The van der Waals surface area contributed by atoms with Crippen molar-refractivity contribution in [2.45, 2.75) is 49.4 Å². The highest BCUT2D eigenvalue weighted by Gasteiger charge is 2.63. The van der Waals surface area contributed by atoms with E-state index < -0.39 is 57.5 Å². The molecule has 0 radical (unpaired) electrons. The highest BCUT2D eigenvalue weighted by atomic mass is 127. The minimum Gasteiger partial charge on any atom is -0.743 e. The average Bonchev–Trinajstić information content (AvgIpc) is 2.73. The number of alkyl halides is 2. The lowest BCUT2D eigenvalue weighted by molar-refractivity contribution is -0.198. The largest absolute Gasteiger partial charge is 0.743 e. The molecule has 0 aromatic heterocycles. The fourth-order valence-corrected chi connectivity index (χ4v) is 10.4. The Labute approximate surface area is 252 Å². The first-order valence-electron chi connectivity index (χ1n) is 11.1. The van der Waals surface area contributed by atoms with Gasteiger partial charge in [0.05, 0.1) is 11.0 Å². The molecule has 4 fully saturated rings. The Morgan fingerprint density at radius 2 is 1.54 bits per heavy atom. The summed E-state index contributed by atoms with van der Waals surface area (Å²) in [4.78, 5) is 37.7. The Balaban J connectivity index is 1.42. The topological polar surface area (TPSA) is 136 Å². The highest BCUT2D eigenvalue weighted by Crippen LogP contribution is 2.63. The molecule has 9 nitrogen and oxygen atoms in total. The van der Waals surface area contributed by atoms with E-state index in [0.717, 1.165) is 17.1 Å². The van der Waals surface area contributed by atoms with Crippen LogP contribution in [0.25, 0.3) is 0 Å². The fourth-order valence-electron chi connectivity index (χ4n) is 6.13. The first kappa shape index (κ1) is 29.6. The van der Waals surface area contributed by atoms with Gasteiger partial charge in [0.25, 0.3) is 0 Å². The van der Waals surface area contributed by atoms with E-state index in [4.69, 9.17) is 9.47 Å². The number of carbonyl (C=O) groups excluding carboxylic acids is 3. The van der Waals surface area contributed by atoms with Crippen molar-refractivity contribution in [3.63, 3.8) is 0 Å². The zero-order valence-corrected chi connectivity index (χ0v) is 26.2. The van der Waals surface area contributed by atoms with Crippen LogP contribution in [-0.2, 0) is 33.9 Å². The standard InChI is InChI=1S/C22H21F2I3O9S/c23-22(24,37(31,32)33)19(30)35-2-1-34-18(29)20-6-11-3-12(7-20)9-21(8-11,10-20)36-17(28)16-14(26)4-13(25)5-15(16)27/h4-5,11-12H,1-3,6-10H2,(H,31,32,33)/p-1. The van der Waals surface area contributed by atoms with Gasteiger partial charge in [0.15, 0.2) is 10.1 Å². The molecular formula is C22H20F2I3O9S-. The third-order valence-corrected chi connectivity index (χ3v) is 10.2. The molecule has 5 rings (SSSR count). The van der Waals surface area contributed by atoms with Gasteiger partial charge in [0.2, 0.25) is 0 Å². The number of hydrogen-bond donors (Lipinski definition) is 0. The van der Waals surface area contributed by atoms with Crippen LogP contribution in [0.4, 0.5) is 8.78 Å². The second-order valence-corrected chi connectivity index (χ2v) is 14.8. The smallest absolute Gasteiger partial charge is 0.428 e. The van der Waals surface area contributed by atoms with Crippen LogP contribution in [0.1, 0.15) is 48.9 Å². The lowest BCUT2D eigenvalue weighted by Crippen LogP contribution is -2.60. The second kappa shape index (κ2) is 10.5. The molecule has 0 N–H and O–H groups in total. The molecule has 204 valence electrons. The summed E-state index contributed by atoms with van der Waals surface area (Å²) < 4.78 is 76.0. The van der Waals surface area contributed by atoms with Crippen molar-refractivity contribution in [3.05, 3.63) is 28.4 Å². The summed E-state index contributed by atoms with van der Waals surface area (Å²) in [6.45, 7) is -1.44. The van der Waals surface area contributed by atoms with E-state index in [-0.39, 0.29) is 18.3 Å². The van der Waals surface area contributed by atoms with Crippen LogP contribution in [0.5, 0.6) is 0 Å². The van der Waals surface area contributed by atoms with Gasteiger partial charge in [-0.05, 0) is 124 Å². The van der Waals surface area contributed by atoms with E-state index in [1.165, 1.54) is 0 Å². The van der Waals surface area contributed by atoms with E-state index in [9.17, 15) is 36.1 Å². The van der Waals surface area contributed by atoms with Crippen LogP contribution in [0, 0.1) is 28.0 Å². The Bertz CT molecular complexity index is 1220. The zero-order valence-electron chi connectivity index (χ0n) is 18.9. The molecule has 0 spiro atoms. The van der Waals surface area contributed by atoms with Crippen molar-refractivity contribution in [1.82, 2.24) is 0 Å². The van der Waals surface area contributed by atoms with Crippen LogP contribution in [-0.4, -0.2) is 54.9 Å². The summed E-state index contributed by atoms with van der Waals surface area (Å²) in [5.41, 5.74) is -1.28. The molecule has 1 aromatic rings. The maximum atomic E-state index is 13.3. The number of esters is 3. The molecule has 0 amide bonds. The fraction of sp³-hybridized carbons (Fsp3) is 0.591. The third kappa shape index (κ3) is 5.89. The van der Waals surface area contributed by atoms with Crippen molar-refractivity contribution in [2.75, 3.05) is 13.2 Å². The van der Waals surface area contributed by atoms with Crippen molar-refractivity contribution in [2.24, 2.45) is 17.3 Å². The number of rotatable bonds is 8. The van der Waals surface area contributed by atoms with Gasteiger partial charge in [0, 0.05) is 17.1 Å². The average molecular weight is 879 g/mol. The van der Waals surface area contributed by atoms with Gasteiger partial charge in [-0.3, -0.25) is 4.79 Å². The van der Waals surface area contributed by atoms with E-state index in [0.29, 0.717) is 31.2 Å². The van der Waals surface area contributed by atoms with Crippen LogP contribution in [0.2, 0.25) is 0 Å². The molecule has 4 aliphatic carbocycles. The minimum atomic E-state index is -6.24. The molecule has 4 aliphatic rings. The number of carbonyl (C=O) groups is 3. The summed E-state index contributed by atoms with van der Waals surface area (Å²) in [6, 6.07) is 3.77. The molecule has 2 atom stereocenters. The summed E-state index contributed by atoms with van der Waals surface area (Å²) >= 11 is 6.36. The Morgan fingerprint density at radius 3 is 2.08 bits per heavy atom. The van der Waals surface area contributed by atoms with Crippen molar-refractivity contribution in [3.8, 4) is 0 Å². The number of hydrogen-bond acceptors (Lipinski definition) is 9. The summed E-state index contributed by atoms with van der Waals surface area (Å²) in [6.07, 6.45) is 3.51. The first-order chi connectivity index (χ1) is 17.1. The predicted octanol–water partition coefficient (Wildman–Crippen LogP) is 4.22. The normalized spacial score (nSPS) is 28.6. The zero-order chi connectivity index (χ0) is 27.4. The minimum absolute atomic E-state index is 0.148. The third-order valence-electron chi connectivity index (χ3n) is 7.06. The molecule has 0 saturated heterocycles. The van der Waals surface area contributed by atoms with E-state index in [1.54, 1.807) is 0 Å². The van der Waals surface area contributed by atoms with Crippen LogP contribution in [0.15, 0.2) is 12.1 Å². The Kier molecular flexibility index (Phi) is 8.42. The highest BCUT2D eigenvalue weighted by molar-refractivity contribution is 14.1. The van der Waals surface area contributed by atoms with E-state index in [2.05, 4.69) is 72.5 Å².